The van der Waals surface area contributed by atoms with Gasteiger partial charge in [-0.05, 0) is 48.0 Å². The van der Waals surface area contributed by atoms with E-state index in [0.29, 0.717) is 35.8 Å². The van der Waals surface area contributed by atoms with Gasteiger partial charge >= 0.3 is 0 Å². The summed E-state index contributed by atoms with van der Waals surface area (Å²) in [5, 5.41) is 6.22. The van der Waals surface area contributed by atoms with E-state index in [1.54, 1.807) is 42.2 Å². The molecule has 9 heteroatoms. The maximum absolute atomic E-state index is 13.1. The number of anilines is 3. The van der Waals surface area contributed by atoms with Gasteiger partial charge in [-0.3, -0.25) is 9.59 Å². The Kier molecular flexibility index (Phi) is 6.85. The highest BCUT2D eigenvalue weighted by Gasteiger charge is 2.28. The van der Waals surface area contributed by atoms with Gasteiger partial charge in [-0.1, -0.05) is 18.2 Å². The molecule has 1 atom stereocenters. The average Bonchev–Trinajstić information content (AvgIpc) is 2.90. The number of halogens is 1. The molecule has 0 bridgehead atoms. The van der Waals surface area contributed by atoms with Gasteiger partial charge in [-0.25, -0.2) is 9.37 Å². The van der Waals surface area contributed by atoms with Gasteiger partial charge < -0.3 is 20.4 Å². The third-order valence-electron chi connectivity index (χ3n) is 6.18. The third kappa shape index (κ3) is 5.40. The van der Waals surface area contributed by atoms with Crippen LogP contribution in [0.2, 0.25) is 0 Å². The molecule has 0 saturated carbocycles. The molecule has 7 nitrogen and oxygen atoms in total. The Hall–Kier alpha value is -3.59. The zero-order valence-corrected chi connectivity index (χ0v) is 19.9. The molecular weight excluding hydrogens is 465 g/mol. The van der Waals surface area contributed by atoms with E-state index in [1.165, 1.54) is 12.1 Å². The van der Waals surface area contributed by atoms with E-state index >= 15 is 0 Å². The van der Waals surface area contributed by atoms with Crippen molar-refractivity contribution in [3.63, 3.8) is 0 Å². The molecule has 180 valence electrons. The SMILES string of the molecule is O=C1Nc2cc(C(=O)N3CCN(c4ccccn4)CC3)ccc2NC1CSCc1ccc(F)cc1. The van der Waals surface area contributed by atoms with Crippen LogP contribution >= 0.6 is 11.8 Å². The quantitative estimate of drug-likeness (QED) is 0.546. The minimum absolute atomic E-state index is 0.0419. The Morgan fingerprint density at radius 3 is 2.57 bits per heavy atom. The van der Waals surface area contributed by atoms with Crippen molar-refractivity contribution >= 4 is 40.8 Å². The summed E-state index contributed by atoms with van der Waals surface area (Å²) in [6.07, 6.45) is 1.77. The predicted octanol–water partition coefficient (Wildman–Crippen LogP) is 3.85. The van der Waals surface area contributed by atoms with Crippen LogP contribution in [-0.4, -0.2) is 59.7 Å². The van der Waals surface area contributed by atoms with Crippen LogP contribution in [0, 0.1) is 5.82 Å². The van der Waals surface area contributed by atoms with Crippen molar-refractivity contribution in [2.24, 2.45) is 0 Å². The van der Waals surface area contributed by atoms with E-state index in [4.69, 9.17) is 0 Å². The van der Waals surface area contributed by atoms with Crippen molar-refractivity contribution in [1.29, 1.82) is 0 Å². The number of benzene rings is 2. The highest BCUT2D eigenvalue weighted by Crippen LogP contribution is 2.30. The molecule has 3 heterocycles. The molecule has 0 spiro atoms. The van der Waals surface area contributed by atoms with Crippen molar-refractivity contribution in [1.82, 2.24) is 9.88 Å². The van der Waals surface area contributed by atoms with Crippen LogP contribution in [0.5, 0.6) is 0 Å². The van der Waals surface area contributed by atoms with Crippen molar-refractivity contribution < 1.29 is 14.0 Å². The van der Waals surface area contributed by atoms with E-state index < -0.39 is 0 Å². The lowest BCUT2D eigenvalue weighted by molar-refractivity contribution is -0.116. The lowest BCUT2D eigenvalue weighted by atomic mass is 10.1. The summed E-state index contributed by atoms with van der Waals surface area (Å²) in [5.74, 6) is 1.77. The molecular formula is C26H26FN5O2S. The Bertz CT molecular complexity index is 1200. The number of pyridine rings is 1. The Morgan fingerprint density at radius 1 is 1.03 bits per heavy atom. The van der Waals surface area contributed by atoms with Crippen LogP contribution in [0.3, 0.4) is 0 Å². The van der Waals surface area contributed by atoms with Gasteiger partial charge in [0.25, 0.3) is 5.91 Å². The van der Waals surface area contributed by atoms with Crippen molar-refractivity contribution in [3.8, 4) is 0 Å². The molecule has 0 aliphatic carbocycles. The lowest BCUT2D eigenvalue weighted by Gasteiger charge is -2.35. The number of carbonyl (C=O) groups is 2. The molecule has 1 unspecified atom stereocenters. The zero-order chi connectivity index (χ0) is 24.2. The molecule has 35 heavy (non-hydrogen) atoms. The van der Waals surface area contributed by atoms with Crippen LogP contribution in [0.1, 0.15) is 15.9 Å². The number of piperazine rings is 1. The summed E-state index contributed by atoms with van der Waals surface area (Å²) in [7, 11) is 0. The lowest BCUT2D eigenvalue weighted by Crippen LogP contribution is -2.49. The number of hydrogen-bond acceptors (Lipinski definition) is 6. The zero-order valence-electron chi connectivity index (χ0n) is 19.1. The number of amides is 2. The fraction of sp³-hybridized carbons (Fsp3) is 0.269. The molecule has 3 aromatic rings. The van der Waals surface area contributed by atoms with Crippen LogP contribution < -0.4 is 15.5 Å². The van der Waals surface area contributed by atoms with Crippen LogP contribution in [0.25, 0.3) is 0 Å². The normalized spacial score (nSPS) is 17.4. The molecule has 0 radical (unpaired) electrons. The Labute approximate surface area is 207 Å². The average molecular weight is 492 g/mol. The monoisotopic (exact) mass is 491 g/mol. The number of thioether (sulfide) groups is 1. The standard InChI is InChI=1S/C26H26FN5O2S/c27-20-7-4-18(5-8-20)16-35-17-23-25(33)30-22-15-19(6-9-21(22)29-23)26(34)32-13-11-31(12-14-32)24-3-1-2-10-28-24/h1-10,15,23,29H,11-14,16-17H2,(H,30,33). The first-order valence-corrected chi connectivity index (χ1v) is 12.7. The minimum atomic E-state index is -0.380. The van der Waals surface area contributed by atoms with Gasteiger partial charge in [0.05, 0.1) is 11.4 Å². The first-order chi connectivity index (χ1) is 17.1. The topological polar surface area (TPSA) is 77.6 Å². The fourth-order valence-electron chi connectivity index (χ4n) is 4.23. The molecule has 2 aromatic carbocycles. The molecule has 5 rings (SSSR count). The van der Waals surface area contributed by atoms with Gasteiger partial charge in [-0.15, -0.1) is 0 Å². The van der Waals surface area contributed by atoms with Gasteiger partial charge in [0.1, 0.15) is 17.7 Å². The van der Waals surface area contributed by atoms with Crippen molar-refractivity contribution in [2.45, 2.75) is 11.8 Å². The molecule has 1 saturated heterocycles. The van der Waals surface area contributed by atoms with E-state index in [0.717, 1.165) is 30.2 Å². The summed E-state index contributed by atoms with van der Waals surface area (Å²) >= 11 is 1.61. The summed E-state index contributed by atoms with van der Waals surface area (Å²) in [5.41, 5.74) is 2.99. The number of nitrogens with zero attached hydrogens (tertiary/aromatic N) is 3. The minimum Gasteiger partial charge on any atom is -0.371 e. The van der Waals surface area contributed by atoms with Gasteiger partial charge in [0.15, 0.2) is 0 Å². The Morgan fingerprint density at radius 2 is 1.83 bits per heavy atom. The summed E-state index contributed by atoms with van der Waals surface area (Å²) in [6.45, 7) is 2.68. The predicted molar refractivity (Wildman–Crippen MR) is 137 cm³/mol. The second kappa shape index (κ2) is 10.4. The molecule has 1 aromatic heterocycles. The van der Waals surface area contributed by atoms with Gasteiger partial charge in [0, 0.05) is 49.4 Å². The Balaban J connectivity index is 1.16. The largest absolute Gasteiger partial charge is 0.371 e. The van der Waals surface area contributed by atoms with Crippen LogP contribution in [-0.2, 0) is 10.5 Å². The van der Waals surface area contributed by atoms with Crippen molar-refractivity contribution in [3.05, 3.63) is 83.8 Å². The molecule has 2 aliphatic rings. The highest BCUT2D eigenvalue weighted by atomic mass is 32.2. The van der Waals surface area contributed by atoms with E-state index in [9.17, 15) is 14.0 Å². The number of hydrogen-bond donors (Lipinski definition) is 2. The first kappa shape index (κ1) is 23.2. The molecule has 2 aliphatic heterocycles. The van der Waals surface area contributed by atoms with Gasteiger partial charge in [-0.2, -0.15) is 11.8 Å². The van der Waals surface area contributed by atoms with Crippen LogP contribution in [0.15, 0.2) is 66.9 Å². The first-order valence-electron chi connectivity index (χ1n) is 11.6. The van der Waals surface area contributed by atoms with E-state index in [2.05, 4.69) is 20.5 Å². The number of rotatable bonds is 6. The summed E-state index contributed by atoms with van der Waals surface area (Å²) in [6, 6.07) is 17.2. The molecule has 2 N–H and O–H groups in total. The maximum atomic E-state index is 13.1. The fourth-order valence-corrected chi connectivity index (χ4v) is 5.25. The number of carbonyl (C=O) groups excluding carboxylic acids is 2. The number of nitrogens with one attached hydrogen (secondary N) is 2. The highest BCUT2D eigenvalue weighted by molar-refractivity contribution is 7.98. The smallest absolute Gasteiger partial charge is 0.254 e. The maximum Gasteiger partial charge on any atom is 0.254 e. The second-order valence-corrected chi connectivity index (χ2v) is 9.59. The van der Waals surface area contributed by atoms with E-state index in [-0.39, 0.29) is 23.7 Å². The molecule has 1 fully saturated rings. The van der Waals surface area contributed by atoms with Gasteiger partial charge in [0.2, 0.25) is 5.91 Å². The third-order valence-corrected chi connectivity index (χ3v) is 7.28. The molecule has 2 amide bonds. The number of fused-ring (bicyclic) bond motifs is 1. The second-order valence-electron chi connectivity index (χ2n) is 8.56. The summed E-state index contributed by atoms with van der Waals surface area (Å²) < 4.78 is 13.1. The number of aromatic nitrogens is 1. The van der Waals surface area contributed by atoms with E-state index in [1.807, 2.05) is 29.2 Å². The van der Waals surface area contributed by atoms with Crippen LogP contribution in [0.4, 0.5) is 21.6 Å². The van der Waals surface area contributed by atoms with Crippen molar-refractivity contribution in [2.75, 3.05) is 47.5 Å². The summed E-state index contributed by atoms with van der Waals surface area (Å²) in [4.78, 5) is 34.2.